The van der Waals surface area contributed by atoms with Gasteiger partial charge >= 0.3 is 0 Å². The molecule has 5 nitrogen and oxygen atoms in total. The number of rotatable bonds is 6. The van der Waals surface area contributed by atoms with Gasteiger partial charge in [-0.1, -0.05) is 24.3 Å². The van der Waals surface area contributed by atoms with E-state index in [2.05, 4.69) is 11.9 Å². The highest BCUT2D eigenvalue weighted by atomic mass is 16.5. The molecule has 2 aromatic carbocycles. The molecule has 5 heteroatoms. The van der Waals surface area contributed by atoms with Crippen LogP contribution in [0.5, 0.6) is 11.5 Å². The van der Waals surface area contributed by atoms with E-state index in [9.17, 15) is 9.59 Å². The van der Waals surface area contributed by atoms with Gasteiger partial charge in [-0.2, -0.15) is 0 Å². The van der Waals surface area contributed by atoms with E-state index >= 15 is 0 Å². The average Bonchev–Trinajstić information content (AvgIpc) is 2.89. The van der Waals surface area contributed by atoms with Crippen LogP contribution in [0.25, 0.3) is 0 Å². The second kappa shape index (κ2) is 7.10. The minimum Gasteiger partial charge on any atom is -0.457 e. The standard InChI is InChI=1S/C19H18N2O3/c1-2-12-20-17-13-18(22)21(19(17)23)14-8-10-16(11-9-14)24-15-6-4-3-5-7-15/h2-11,17,20H,1,12-13H2/t17-/m0/s1. The molecule has 1 aliphatic heterocycles. The molecule has 1 atom stereocenters. The van der Waals surface area contributed by atoms with Crippen LogP contribution in [0.2, 0.25) is 0 Å². The molecule has 0 aliphatic carbocycles. The molecule has 1 aliphatic rings. The summed E-state index contributed by atoms with van der Waals surface area (Å²) in [5, 5.41) is 3.00. The van der Waals surface area contributed by atoms with Crippen molar-refractivity contribution in [3.05, 3.63) is 67.3 Å². The number of imide groups is 1. The highest BCUT2D eigenvalue weighted by molar-refractivity contribution is 6.22. The first-order chi connectivity index (χ1) is 11.7. The molecular weight excluding hydrogens is 304 g/mol. The Labute approximate surface area is 140 Å². The SMILES string of the molecule is C=CCN[C@H]1CC(=O)N(c2ccc(Oc3ccccc3)cc2)C1=O. The number of ether oxygens (including phenoxy) is 1. The maximum Gasteiger partial charge on any atom is 0.251 e. The third-order valence-electron chi connectivity index (χ3n) is 3.73. The molecule has 0 spiro atoms. The van der Waals surface area contributed by atoms with E-state index in [-0.39, 0.29) is 18.2 Å². The van der Waals surface area contributed by atoms with Gasteiger partial charge in [0.25, 0.3) is 5.91 Å². The van der Waals surface area contributed by atoms with Crippen molar-refractivity contribution in [1.82, 2.24) is 5.32 Å². The predicted octanol–water partition coefficient (Wildman–Crippen LogP) is 2.89. The first kappa shape index (κ1) is 16.0. The lowest BCUT2D eigenvalue weighted by Crippen LogP contribution is -2.38. The zero-order valence-electron chi connectivity index (χ0n) is 13.1. The second-order valence-electron chi connectivity index (χ2n) is 5.43. The summed E-state index contributed by atoms with van der Waals surface area (Å²) in [7, 11) is 0. The molecule has 1 saturated heterocycles. The maximum absolute atomic E-state index is 12.4. The summed E-state index contributed by atoms with van der Waals surface area (Å²) in [4.78, 5) is 25.7. The van der Waals surface area contributed by atoms with E-state index in [1.807, 2.05) is 30.3 Å². The Hall–Kier alpha value is -2.92. The van der Waals surface area contributed by atoms with Crippen LogP contribution in [-0.2, 0) is 9.59 Å². The summed E-state index contributed by atoms with van der Waals surface area (Å²) in [6.07, 6.45) is 1.82. The Kier molecular flexibility index (Phi) is 4.72. The quantitative estimate of drug-likeness (QED) is 0.656. The Bertz CT molecular complexity index is 741. The van der Waals surface area contributed by atoms with Crippen LogP contribution in [0.3, 0.4) is 0 Å². The molecule has 2 aromatic rings. The van der Waals surface area contributed by atoms with Crippen molar-refractivity contribution in [3.8, 4) is 11.5 Å². The first-order valence-corrected chi connectivity index (χ1v) is 7.73. The number of nitrogens with one attached hydrogen (secondary N) is 1. The van der Waals surface area contributed by atoms with Gasteiger partial charge in [-0.3, -0.25) is 9.59 Å². The van der Waals surface area contributed by atoms with Gasteiger partial charge < -0.3 is 10.1 Å². The van der Waals surface area contributed by atoms with Crippen LogP contribution >= 0.6 is 0 Å². The first-order valence-electron chi connectivity index (χ1n) is 7.73. The van der Waals surface area contributed by atoms with Crippen LogP contribution < -0.4 is 15.0 Å². The number of hydrogen-bond donors (Lipinski definition) is 1. The lowest BCUT2D eigenvalue weighted by molar-refractivity contribution is -0.121. The minimum absolute atomic E-state index is 0.162. The van der Waals surface area contributed by atoms with Gasteiger partial charge in [-0.25, -0.2) is 4.90 Å². The molecule has 0 unspecified atom stereocenters. The summed E-state index contributed by atoms with van der Waals surface area (Å²) in [6.45, 7) is 4.09. The maximum atomic E-state index is 12.4. The molecule has 1 heterocycles. The Morgan fingerprint density at radius 2 is 1.75 bits per heavy atom. The fourth-order valence-electron chi connectivity index (χ4n) is 2.58. The monoisotopic (exact) mass is 322 g/mol. The predicted molar refractivity (Wildman–Crippen MR) is 92.1 cm³/mol. The molecule has 0 saturated carbocycles. The van der Waals surface area contributed by atoms with Crippen molar-refractivity contribution in [1.29, 1.82) is 0 Å². The molecule has 1 N–H and O–H groups in total. The minimum atomic E-state index is -0.490. The molecule has 0 aromatic heterocycles. The number of amides is 2. The van der Waals surface area contributed by atoms with Crippen molar-refractivity contribution < 1.29 is 14.3 Å². The van der Waals surface area contributed by atoms with Crippen LogP contribution in [0.1, 0.15) is 6.42 Å². The normalized spacial score (nSPS) is 17.2. The summed E-state index contributed by atoms with van der Waals surface area (Å²) in [5.41, 5.74) is 0.549. The fraction of sp³-hybridized carbons (Fsp3) is 0.158. The molecule has 24 heavy (non-hydrogen) atoms. The van der Waals surface area contributed by atoms with Crippen molar-refractivity contribution in [3.63, 3.8) is 0 Å². The van der Waals surface area contributed by atoms with Crippen molar-refractivity contribution >= 4 is 17.5 Å². The lowest BCUT2D eigenvalue weighted by atomic mass is 10.2. The van der Waals surface area contributed by atoms with E-state index < -0.39 is 6.04 Å². The van der Waals surface area contributed by atoms with Crippen molar-refractivity contribution in [2.75, 3.05) is 11.4 Å². The molecule has 0 radical (unpaired) electrons. The number of carbonyl (C=O) groups is 2. The number of para-hydroxylation sites is 1. The summed E-state index contributed by atoms with van der Waals surface area (Å²) in [6, 6.07) is 15.8. The molecule has 122 valence electrons. The van der Waals surface area contributed by atoms with Gasteiger partial charge in [0, 0.05) is 6.54 Å². The Morgan fingerprint density at radius 1 is 1.08 bits per heavy atom. The third-order valence-corrected chi connectivity index (χ3v) is 3.73. The van der Waals surface area contributed by atoms with Gasteiger partial charge in [0.1, 0.15) is 11.5 Å². The summed E-state index contributed by atoms with van der Waals surface area (Å²) >= 11 is 0. The smallest absolute Gasteiger partial charge is 0.251 e. The summed E-state index contributed by atoms with van der Waals surface area (Å²) < 4.78 is 5.71. The highest BCUT2D eigenvalue weighted by Crippen LogP contribution is 2.27. The largest absolute Gasteiger partial charge is 0.457 e. The summed E-state index contributed by atoms with van der Waals surface area (Å²) in [5.74, 6) is 0.925. The number of hydrogen-bond acceptors (Lipinski definition) is 4. The molecule has 0 bridgehead atoms. The van der Waals surface area contributed by atoms with Crippen LogP contribution in [-0.4, -0.2) is 24.4 Å². The van der Waals surface area contributed by atoms with E-state index in [1.165, 1.54) is 4.90 Å². The number of anilines is 1. The number of nitrogens with zero attached hydrogens (tertiary/aromatic N) is 1. The second-order valence-corrected chi connectivity index (χ2v) is 5.43. The zero-order chi connectivity index (χ0) is 16.9. The Morgan fingerprint density at radius 3 is 2.42 bits per heavy atom. The fourth-order valence-corrected chi connectivity index (χ4v) is 2.58. The molecule has 2 amide bonds. The van der Waals surface area contributed by atoms with Gasteiger partial charge in [0.15, 0.2) is 0 Å². The van der Waals surface area contributed by atoms with Gasteiger partial charge in [-0.15, -0.1) is 6.58 Å². The van der Waals surface area contributed by atoms with Gasteiger partial charge in [0.05, 0.1) is 18.2 Å². The van der Waals surface area contributed by atoms with Gasteiger partial charge in [-0.05, 0) is 36.4 Å². The Balaban J connectivity index is 1.72. The molecular formula is C19H18N2O3. The third kappa shape index (κ3) is 3.36. The topological polar surface area (TPSA) is 58.6 Å². The molecule has 1 fully saturated rings. The van der Waals surface area contributed by atoms with Crippen LogP contribution in [0.15, 0.2) is 67.3 Å². The van der Waals surface area contributed by atoms with E-state index in [4.69, 9.17) is 4.74 Å². The van der Waals surface area contributed by atoms with Crippen LogP contribution in [0.4, 0.5) is 5.69 Å². The lowest BCUT2D eigenvalue weighted by Gasteiger charge is -2.16. The number of carbonyl (C=O) groups excluding carboxylic acids is 2. The average molecular weight is 322 g/mol. The van der Waals surface area contributed by atoms with Gasteiger partial charge in [0.2, 0.25) is 5.91 Å². The van der Waals surface area contributed by atoms with E-state index in [1.54, 1.807) is 30.3 Å². The van der Waals surface area contributed by atoms with E-state index in [0.717, 1.165) is 5.75 Å². The van der Waals surface area contributed by atoms with Crippen molar-refractivity contribution in [2.45, 2.75) is 12.5 Å². The molecule has 3 rings (SSSR count). The number of benzene rings is 2. The zero-order valence-corrected chi connectivity index (χ0v) is 13.1. The van der Waals surface area contributed by atoms with Crippen molar-refractivity contribution in [2.24, 2.45) is 0 Å². The van der Waals surface area contributed by atoms with Crippen LogP contribution in [0, 0.1) is 0 Å². The van der Waals surface area contributed by atoms with E-state index in [0.29, 0.717) is 18.0 Å². The highest BCUT2D eigenvalue weighted by Gasteiger charge is 2.38.